The Balaban J connectivity index is 1.93. The quantitative estimate of drug-likeness (QED) is 0.848. The van der Waals surface area contributed by atoms with Gasteiger partial charge in [0.1, 0.15) is 0 Å². The first kappa shape index (κ1) is 14.2. The van der Waals surface area contributed by atoms with Crippen LogP contribution >= 0.6 is 0 Å². The molecule has 2 atom stereocenters. The molecule has 0 amide bonds. The number of nitrogens with two attached hydrogens (primary N) is 1. The van der Waals surface area contributed by atoms with Crippen molar-refractivity contribution in [2.45, 2.75) is 44.6 Å². The van der Waals surface area contributed by atoms with Crippen LogP contribution in [0.1, 0.15) is 48.9 Å². The second-order valence-corrected chi connectivity index (χ2v) is 6.03. The predicted octanol–water partition coefficient (Wildman–Crippen LogP) is 2.61. The minimum absolute atomic E-state index is 0.395. The van der Waals surface area contributed by atoms with Crippen molar-refractivity contribution >= 4 is 17.5 Å². The molecule has 1 saturated carbocycles. The molecule has 0 aromatic carbocycles. The molecule has 1 aliphatic heterocycles. The number of hydrogen-bond donors (Lipinski definition) is 1. The van der Waals surface area contributed by atoms with Crippen LogP contribution < -0.4 is 10.6 Å². The smallest absolute Gasteiger partial charge is 0.340 e. The molecule has 2 N–H and O–H groups in total. The van der Waals surface area contributed by atoms with E-state index in [1.165, 1.54) is 45.6 Å². The third-order valence-corrected chi connectivity index (χ3v) is 4.89. The molecule has 0 spiro atoms. The average molecular weight is 289 g/mol. The van der Waals surface area contributed by atoms with E-state index >= 15 is 0 Å². The Morgan fingerprint density at radius 1 is 1.33 bits per heavy atom. The van der Waals surface area contributed by atoms with Crippen LogP contribution in [-0.4, -0.2) is 30.6 Å². The zero-order valence-corrected chi connectivity index (χ0v) is 12.5. The number of anilines is 2. The molecule has 1 aliphatic carbocycles. The number of esters is 1. The fourth-order valence-electron chi connectivity index (χ4n) is 3.87. The fourth-order valence-corrected chi connectivity index (χ4v) is 3.87. The summed E-state index contributed by atoms with van der Waals surface area (Å²) in [6, 6.07) is 2.16. The Bertz CT molecular complexity index is 530. The minimum atomic E-state index is -0.395. The number of hydrogen-bond acceptors (Lipinski definition) is 5. The molecule has 0 bridgehead atoms. The van der Waals surface area contributed by atoms with Crippen molar-refractivity contribution in [2.75, 3.05) is 24.3 Å². The SMILES string of the molecule is COC(=O)c1ccnc(N2CCC[C@H]3CCCC[C@H]32)c1N. The summed E-state index contributed by atoms with van der Waals surface area (Å²) >= 11 is 0. The highest BCUT2D eigenvalue weighted by molar-refractivity contribution is 5.97. The molecule has 5 heteroatoms. The Labute approximate surface area is 125 Å². The molecule has 21 heavy (non-hydrogen) atoms. The lowest BCUT2D eigenvalue weighted by atomic mass is 9.78. The number of methoxy groups -OCH3 is 1. The molecule has 2 heterocycles. The van der Waals surface area contributed by atoms with Gasteiger partial charge < -0.3 is 15.4 Å². The Morgan fingerprint density at radius 3 is 2.90 bits per heavy atom. The highest BCUT2D eigenvalue weighted by Crippen LogP contribution is 2.39. The molecule has 1 aromatic heterocycles. The van der Waals surface area contributed by atoms with Gasteiger partial charge in [0.2, 0.25) is 0 Å². The van der Waals surface area contributed by atoms with Crippen LogP contribution in [0.2, 0.25) is 0 Å². The molecular formula is C16H23N3O2. The van der Waals surface area contributed by atoms with Gasteiger partial charge in [-0.15, -0.1) is 0 Å². The largest absolute Gasteiger partial charge is 0.465 e. The lowest BCUT2D eigenvalue weighted by Gasteiger charge is -2.45. The topological polar surface area (TPSA) is 68.5 Å². The molecule has 2 fully saturated rings. The van der Waals surface area contributed by atoms with Gasteiger partial charge in [-0.2, -0.15) is 0 Å². The molecule has 5 nitrogen and oxygen atoms in total. The van der Waals surface area contributed by atoms with Crippen LogP contribution in [0, 0.1) is 5.92 Å². The van der Waals surface area contributed by atoms with Gasteiger partial charge in [0.05, 0.1) is 18.4 Å². The number of carbonyl (C=O) groups excluding carboxylic acids is 1. The van der Waals surface area contributed by atoms with Crippen molar-refractivity contribution in [1.29, 1.82) is 0 Å². The Hall–Kier alpha value is -1.78. The summed E-state index contributed by atoms with van der Waals surface area (Å²) < 4.78 is 4.80. The molecule has 0 radical (unpaired) electrons. The van der Waals surface area contributed by atoms with Crippen LogP contribution in [0.5, 0.6) is 0 Å². The summed E-state index contributed by atoms with van der Waals surface area (Å²) in [6.45, 7) is 0.975. The first-order chi connectivity index (χ1) is 10.2. The van der Waals surface area contributed by atoms with Crippen molar-refractivity contribution in [3.8, 4) is 0 Å². The number of ether oxygens (including phenoxy) is 1. The van der Waals surface area contributed by atoms with Crippen molar-refractivity contribution in [2.24, 2.45) is 5.92 Å². The number of piperidine rings is 1. The summed E-state index contributed by atoms with van der Waals surface area (Å²) in [7, 11) is 1.37. The third-order valence-electron chi connectivity index (χ3n) is 4.89. The summed E-state index contributed by atoms with van der Waals surface area (Å²) in [5, 5.41) is 0. The van der Waals surface area contributed by atoms with E-state index in [1.54, 1.807) is 12.3 Å². The van der Waals surface area contributed by atoms with E-state index in [0.29, 0.717) is 17.3 Å². The van der Waals surface area contributed by atoms with E-state index < -0.39 is 5.97 Å². The van der Waals surface area contributed by atoms with E-state index in [2.05, 4.69) is 9.88 Å². The number of pyridine rings is 1. The molecule has 0 unspecified atom stereocenters. The maximum absolute atomic E-state index is 11.8. The lowest BCUT2D eigenvalue weighted by Crippen LogP contribution is -2.47. The summed E-state index contributed by atoms with van der Waals surface area (Å²) in [4.78, 5) is 18.6. The highest BCUT2D eigenvalue weighted by Gasteiger charge is 2.35. The third kappa shape index (κ3) is 2.57. The molecule has 2 aliphatic rings. The summed E-state index contributed by atoms with van der Waals surface area (Å²) in [5.74, 6) is 1.11. The maximum atomic E-state index is 11.8. The van der Waals surface area contributed by atoms with Gasteiger partial charge in [0, 0.05) is 18.8 Å². The van der Waals surface area contributed by atoms with Gasteiger partial charge in [-0.1, -0.05) is 12.8 Å². The van der Waals surface area contributed by atoms with Crippen LogP contribution in [0.4, 0.5) is 11.5 Å². The van der Waals surface area contributed by atoms with Gasteiger partial charge in [-0.05, 0) is 37.7 Å². The van der Waals surface area contributed by atoms with Gasteiger partial charge in [0.25, 0.3) is 0 Å². The lowest BCUT2D eigenvalue weighted by molar-refractivity contribution is 0.0602. The number of nitrogen functional groups attached to an aromatic ring is 1. The zero-order chi connectivity index (χ0) is 14.8. The van der Waals surface area contributed by atoms with Crippen LogP contribution in [-0.2, 0) is 4.74 Å². The van der Waals surface area contributed by atoms with Crippen LogP contribution in [0.25, 0.3) is 0 Å². The first-order valence-corrected chi connectivity index (χ1v) is 7.82. The molecule has 1 aromatic rings. The zero-order valence-electron chi connectivity index (χ0n) is 12.5. The number of rotatable bonds is 2. The number of fused-ring (bicyclic) bond motifs is 1. The van der Waals surface area contributed by atoms with E-state index in [4.69, 9.17) is 10.5 Å². The predicted molar refractivity (Wildman–Crippen MR) is 82.3 cm³/mol. The molecular weight excluding hydrogens is 266 g/mol. The van der Waals surface area contributed by atoms with Crippen molar-refractivity contribution in [3.63, 3.8) is 0 Å². The standard InChI is InChI=1S/C16H23N3O2/c1-21-16(20)12-8-9-18-15(14(12)17)19-10-4-6-11-5-2-3-7-13(11)19/h8-9,11,13H,2-7,10,17H2,1H3/t11-,13-/m1/s1. The Morgan fingerprint density at radius 2 is 2.10 bits per heavy atom. The van der Waals surface area contributed by atoms with Gasteiger partial charge in [-0.3, -0.25) is 0 Å². The summed E-state index contributed by atoms with van der Waals surface area (Å²) in [5.41, 5.74) is 7.08. The van der Waals surface area contributed by atoms with Gasteiger partial charge >= 0.3 is 5.97 Å². The second-order valence-electron chi connectivity index (χ2n) is 6.03. The van der Waals surface area contributed by atoms with E-state index in [9.17, 15) is 4.79 Å². The number of carbonyl (C=O) groups is 1. The monoisotopic (exact) mass is 289 g/mol. The fraction of sp³-hybridized carbons (Fsp3) is 0.625. The van der Waals surface area contributed by atoms with E-state index in [1.807, 2.05) is 0 Å². The van der Waals surface area contributed by atoms with Crippen molar-refractivity contribution in [1.82, 2.24) is 4.98 Å². The average Bonchev–Trinajstić information content (AvgIpc) is 2.54. The minimum Gasteiger partial charge on any atom is -0.465 e. The van der Waals surface area contributed by atoms with Gasteiger partial charge in [-0.25, -0.2) is 9.78 Å². The molecule has 3 rings (SSSR count). The van der Waals surface area contributed by atoms with Gasteiger partial charge in [0.15, 0.2) is 5.82 Å². The molecule has 114 valence electrons. The first-order valence-electron chi connectivity index (χ1n) is 7.82. The Kier molecular flexibility index (Phi) is 3.99. The normalized spacial score (nSPS) is 25.3. The number of nitrogens with zero attached hydrogens (tertiary/aromatic N) is 2. The van der Waals surface area contributed by atoms with Crippen LogP contribution in [0.3, 0.4) is 0 Å². The summed E-state index contributed by atoms with van der Waals surface area (Å²) in [6.07, 6.45) is 9.24. The number of aromatic nitrogens is 1. The molecule has 1 saturated heterocycles. The second kappa shape index (κ2) is 5.92. The van der Waals surface area contributed by atoms with Crippen LogP contribution in [0.15, 0.2) is 12.3 Å². The highest BCUT2D eigenvalue weighted by atomic mass is 16.5. The van der Waals surface area contributed by atoms with E-state index in [-0.39, 0.29) is 0 Å². The van der Waals surface area contributed by atoms with Crippen molar-refractivity contribution < 1.29 is 9.53 Å². The van der Waals surface area contributed by atoms with Crippen molar-refractivity contribution in [3.05, 3.63) is 17.8 Å². The van der Waals surface area contributed by atoms with E-state index in [0.717, 1.165) is 18.3 Å². The maximum Gasteiger partial charge on any atom is 0.340 e.